The van der Waals surface area contributed by atoms with E-state index >= 15 is 0 Å². The van der Waals surface area contributed by atoms with Crippen LogP contribution in [0.15, 0.2) is 22.6 Å². The van der Waals surface area contributed by atoms with E-state index in [2.05, 4.69) is 44.6 Å². The van der Waals surface area contributed by atoms with Crippen LogP contribution < -0.4 is 0 Å². The summed E-state index contributed by atoms with van der Waals surface area (Å²) in [6.07, 6.45) is 0. The number of hydrogen-bond acceptors (Lipinski definition) is 4. The molecule has 0 aromatic carbocycles. The molecule has 0 aliphatic carbocycles. The summed E-state index contributed by atoms with van der Waals surface area (Å²) in [4.78, 5) is 0. The van der Waals surface area contributed by atoms with Crippen LogP contribution in [-0.4, -0.2) is 20.0 Å². The molecule has 0 N–H and O–H groups in total. The molecule has 0 aromatic rings. The van der Waals surface area contributed by atoms with E-state index in [4.69, 9.17) is 9.05 Å². The monoisotopic (exact) mass is 270 g/mol. The first-order valence-electron chi connectivity index (χ1n) is 6.30. The fourth-order valence-electron chi connectivity index (χ4n) is 0.627. The van der Waals surface area contributed by atoms with Crippen molar-refractivity contribution in [2.24, 2.45) is 22.1 Å². The normalized spacial score (nSPS) is 16.7. The van der Waals surface area contributed by atoms with Gasteiger partial charge in [0.25, 0.3) is 0 Å². The van der Waals surface area contributed by atoms with Crippen LogP contribution >= 0.6 is 0 Å². The maximum Gasteiger partial charge on any atom is 0.531 e. The number of hydrogen-bond donors (Lipinski definition) is 0. The Kier molecular flexibility index (Phi) is 6.91. The topological polar surface area (TPSA) is 43.2 Å². The van der Waals surface area contributed by atoms with Gasteiger partial charge in [-0.15, -0.1) is 16.9 Å². The highest BCUT2D eigenvalue weighted by molar-refractivity contribution is 6.71. The zero-order chi connectivity index (χ0) is 14.3. The lowest BCUT2D eigenvalue weighted by Gasteiger charge is -2.19. The van der Waals surface area contributed by atoms with Crippen molar-refractivity contribution in [3.05, 3.63) is 12.3 Å². The summed E-state index contributed by atoms with van der Waals surface area (Å²) < 4.78 is 11.0. The molecule has 0 amide bonds. The van der Waals surface area contributed by atoms with Crippen LogP contribution in [0.5, 0.6) is 0 Å². The largest absolute Gasteiger partial charge is 0.531 e. The van der Waals surface area contributed by atoms with E-state index < -0.39 is 8.56 Å². The predicted molar refractivity (Wildman–Crippen MR) is 79.9 cm³/mol. The molecule has 0 bridgehead atoms. The van der Waals surface area contributed by atoms with Crippen molar-refractivity contribution in [1.82, 2.24) is 0 Å². The molecule has 0 aliphatic heterocycles. The summed E-state index contributed by atoms with van der Waals surface area (Å²) >= 11 is 0. The van der Waals surface area contributed by atoms with E-state index in [0.717, 1.165) is 11.4 Å². The first kappa shape index (κ1) is 16.9. The fraction of sp³-hybridized carbons (Fsp3) is 0.692. The van der Waals surface area contributed by atoms with Gasteiger partial charge in [0.1, 0.15) is 0 Å². The second kappa shape index (κ2) is 7.36. The van der Waals surface area contributed by atoms with Crippen molar-refractivity contribution >= 4 is 20.0 Å². The Morgan fingerprint density at radius 2 is 1.33 bits per heavy atom. The van der Waals surface area contributed by atoms with Crippen LogP contribution in [0.25, 0.3) is 0 Å². The lowest BCUT2D eigenvalue weighted by Crippen LogP contribution is -2.34. The van der Waals surface area contributed by atoms with Gasteiger partial charge in [-0.05, 0) is 31.4 Å². The van der Waals surface area contributed by atoms with Crippen molar-refractivity contribution < 1.29 is 9.05 Å². The van der Waals surface area contributed by atoms with Gasteiger partial charge in [-0.1, -0.05) is 27.7 Å². The molecule has 0 fully saturated rings. The zero-order valence-electron chi connectivity index (χ0n) is 12.7. The van der Waals surface area contributed by atoms with Crippen molar-refractivity contribution in [3.8, 4) is 0 Å². The van der Waals surface area contributed by atoms with Crippen LogP contribution in [0.2, 0.25) is 6.55 Å². The Labute approximate surface area is 112 Å². The molecule has 0 aliphatic rings. The fourth-order valence-corrected chi connectivity index (χ4v) is 1.46. The number of rotatable bonds is 7. The molecule has 0 heterocycles. The third kappa shape index (κ3) is 6.00. The minimum atomic E-state index is -2.55. The van der Waals surface area contributed by atoms with E-state index in [0.29, 0.717) is 11.8 Å². The molecule has 4 nitrogen and oxygen atoms in total. The predicted octanol–water partition coefficient (Wildman–Crippen LogP) is 3.88. The van der Waals surface area contributed by atoms with E-state index in [9.17, 15) is 0 Å². The smallest absolute Gasteiger partial charge is 0.404 e. The molecule has 0 aromatic heterocycles. The maximum absolute atomic E-state index is 5.51. The van der Waals surface area contributed by atoms with Gasteiger partial charge in [0.15, 0.2) is 0 Å². The third-order valence-electron chi connectivity index (χ3n) is 2.78. The summed E-state index contributed by atoms with van der Waals surface area (Å²) in [5, 5.41) is 8.20. The molecule has 0 saturated heterocycles. The molecular formula is C13H26N2O2Si. The third-order valence-corrected chi connectivity index (χ3v) is 4.43. The van der Waals surface area contributed by atoms with Gasteiger partial charge in [0, 0.05) is 6.55 Å². The summed E-state index contributed by atoms with van der Waals surface area (Å²) in [5.74, 6) is 0.711. The standard InChI is InChI=1S/C13H26N2O2Si/c1-9-18(8,16-14-12(6)10(2)3)17-15-13(7)11(4)5/h9-11H,1H2,2-8H3. The Morgan fingerprint density at radius 1 is 1.00 bits per heavy atom. The quantitative estimate of drug-likeness (QED) is 0.400. The zero-order valence-corrected chi connectivity index (χ0v) is 13.7. The molecule has 5 heteroatoms. The molecule has 104 valence electrons. The highest BCUT2D eigenvalue weighted by Crippen LogP contribution is 2.12. The van der Waals surface area contributed by atoms with E-state index in [-0.39, 0.29) is 0 Å². The van der Waals surface area contributed by atoms with Gasteiger partial charge in [0.2, 0.25) is 0 Å². The maximum atomic E-state index is 5.51. The Balaban J connectivity index is 4.68. The van der Waals surface area contributed by atoms with Gasteiger partial charge in [-0.2, -0.15) is 0 Å². The van der Waals surface area contributed by atoms with E-state index in [1.807, 2.05) is 20.4 Å². The van der Waals surface area contributed by atoms with Gasteiger partial charge in [-0.3, -0.25) is 0 Å². The molecule has 0 saturated carbocycles. The first-order chi connectivity index (χ1) is 8.22. The Morgan fingerprint density at radius 3 is 1.56 bits per heavy atom. The minimum Gasteiger partial charge on any atom is -0.404 e. The van der Waals surface area contributed by atoms with Crippen LogP contribution in [0.3, 0.4) is 0 Å². The SMILES string of the molecule is C=C[Si](C)(ON=C(C)C(C)C)ON=C(C)C(C)C. The lowest BCUT2D eigenvalue weighted by atomic mass is 10.1. The first-order valence-corrected chi connectivity index (χ1v) is 8.70. The van der Waals surface area contributed by atoms with Gasteiger partial charge in [0.05, 0.1) is 11.4 Å². The number of oxime groups is 2. The van der Waals surface area contributed by atoms with Crippen molar-refractivity contribution in [3.63, 3.8) is 0 Å². The van der Waals surface area contributed by atoms with Gasteiger partial charge < -0.3 is 9.05 Å². The molecular weight excluding hydrogens is 244 g/mol. The van der Waals surface area contributed by atoms with Crippen molar-refractivity contribution in [2.45, 2.75) is 48.1 Å². The summed E-state index contributed by atoms with van der Waals surface area (Å²) in [7, 11) is -2.55. The average Bonchev–Trinajstić information content (AvgIpc) is 2.32. The molecule has 0 unspecified atom stereocenters. The Hall–Kier alpha value is -1.10. The van der Waals surface area contributed by atoms with E-state index in [1.165, 1.54) is 0 Å². The highest BCUT2D eigenvalue weighted by Gasteiger charge is 2.33. The van der Waals surface area contributed by atoms with Crippen LogP contribution in [0, 0.1) is 11.8 Å². The van der Waals surface area contributed by atoms with Crippen LogP contribution in [0.4, 0.5) is 0 Å². The minimum absolute atomic E-state index is 0.356. The van der Waals surface area contributed by atoms with Crippen molar-refractivity contribution in [2.75, 3.05) is 0 Å². The number of nitrogens with zero attached hydrogens (tertiary/aromatic N) is 2. The average molecular weight is 270 g/mol. The van der Waals surface area contributed by atoms with Crippen LogP contribution in [0.1, 0.15) is 41.5 Å². The molecule has 0 rings (SSSR count). The highest BCUT2D eigenvalue weighted by atomic mass is 28.4. The summed E-state index contributed by atoms with van der Waals surface area (Å²) in [6.45, 7) is 17.8. The molecule has 0 spiro atoms. The van der Waals surface area contributed by atoms with Gasteiger partial charge >= 0.3 is 8.56 Å². The Bertz CT molecular complexity index is 310. The summed E-state index contributed by atoms with van der Waals surface area (Å²) in [5.41, 5.74) is 3.55. The molecule has 18 heavy (non-hydrogen) atoms. The lowest BCUT2D eigenvalue weighted by molar-refractivity contribution is 0.196. The second-order valence-electron chi connectivity index (χ2n) is 5.18. The van der Waals surface area contributed by atoms with E-state index in [1.54, 1.807) is 5.70 Å². The van der Waals surface area contributed by atoms with Crippen molar-refractivity contribution in [1.29, 1.82) is 0 Å². The molecule has 0 radical (unpaired) electrons. The second-order valence-corrected chi connectivity index (χ2v) is 7.98. The van der Waals surface area contributed by atoms with Crippen LogP contribution in [-0.2, 0) is 9.05 Å². The molecule has 0 atom stereocenters. The summed E-state index contributed by atoms with van der Waals surface area (Å²) in [6, 6.07) is 0. The van der Waals surface area contributed by atoms with Gasteiger partial charge in [-0.25, -0.2) is 0 Å².